The molecule has 0 saturated heterocycles. The number of aliphatic imine (C=N–C) groups is 2. The van der Waals surface area contributed by atoms with Crippen molar-refractivity contribution in [1.29, 1.82) is 0 Å². The molecule has 1 heterocycles. The van der Waals surface area contributed by atoms with Gasteiger partial charge in [0, 0.05) is 15.0 Å². The van der Waals surface area contributed by atoms with Gasteiger partial charge in [-0.05, 0) is 23.8 Å². The van der Waals surface area contributed by atoms with Crippen molar-refractivity contribution >= 4 is 35.3 Å². The molecule has 1 aromatic carbocycles. The van der Waals surface area contributed by atoms with Gasteiger partial charge < -0.3 is 5.73 Å². The average Bonchev–Trinajstić information content (AvgIpc) is 2.37. The van der Waals surface area contributed by atoms with Crippen LogP contribution in [0, 0.1) is 10.1 Å². The predicted octanol–water partition coefficient (Wildman–Crippen LogP) is 1.24. The molecule has 0 amide bonds. The highest BCUT2D eigenvalue weighted by Crippen LogP contribution is 2.27. The Hall–Kier alpha value is -1.70. The Labute approximate surface area is 124 Å². The van der Waals surface area contributed by atoms with E-state index in [1.165, 1.54) is 0 Å². The van der Waals surface area contributed by atoms with Crippen LogP contribution in [0.5, 0.6) is 0 Å². The molecule has 4 N–H and O–H groups in total. The molecular formula is C11H11Cl2N5O2. The maximum absolute atomic E-state index is 11.4. The van der Waals surface area contributed by atoms with E-state index in [-0.39, 0.29) is 12.3 Å². The van der Waals surface area contributed by atoms with E-state index in [0.717, 1.165) is 6.21 Å². The van der Waals surface area contributed by atoms with Crippen molar-refractivity contribution in [2.24, 2.45) is 21.5 Å². The second-order valence-electron chi connectivity index (χ2n) is 4.30. The highest BCUT2D eigenvalue weighted by Gasteiger charge is 2.48. The Kier molecular flexibility index (Phi) is 3.94. The van der Waals surface area contributed by atoms with Gasteiger partial charge in [0.25, 0.3) is 0 Å². The van der Waals surface area contributed by atoms with Crippen molar-refractivity contribution in [1.82, 2.24) is 0 Å². The van der Waals surface area contributed by atoms with Crippen LogP contribution >= 0.6 is 23.2 Å². The molecule has 0 fully saturated rings. The number of amidine groups is 1. The largest absolute Gasteiger partial charge is 0.381 e. The van der Waals surface area contributed by atoms with E-state index in [2.05, 4.69) is 9.98 Å². The molecule has 7 nitrogen and oxygen atoms in total. The Morgan fingerprint density at radius 3 is 2.75 bits per heavy atom. The van der Waals surface area contributed by atoms with Crippen molar-refractivity contribution < 1.29 is 4.92 Å². The first-order valence-corrected chi connectivity index (χ1v) is 6.33. The summed E-state index contributed by atoms with van der Waals surface area (Å²) in [5, 5.41) is 12.2. The quantitative estimate of drug-likeness (QED) is 0.643. The highest BCUT2D eigenvalue weighted by atomic mass is 35.5. The molecule has 1 aliphatic heterocycles. The third kappa shape index (κ3) is 2.60. The van der Waals surface area contributed by atoms with E-state index in [1.54, 1.807) is 18.2 Å². The lowest BCUT2D eigenvalue weighted by molar-refractivity contribution is -0.524. The standard InChI is InChI=1S/C11H11Cl2N5O2/c12-7-1-2-8(13)6(3-7)4-11(18(19)20)5-16-10(15)17-9(11)14/h1-3,5,10H,4,15H2,(H2,14,17). The molecule has 0 radical (unpaired) electrons. The van der Waals surface area contributed by atoms with Crippen LogP contribution < -0.4 is 11.5 Å². The number of rotatable bonds is 3. The van der Waals surface area contributed by atoms with Crippen LogP contribution in [0.1, 0.15) is 5.56 Å². The zero-order valence-corrected chi connectivity index (χ0v) is 11.7. The van der Waals surface area contributed by atoms with Crippen LogP contribution in [0.3, 0.4) is 0 Å². The fraction of sp³-hybridized carbons (Fsp3) is 0.273. The van der Waals surface area contributed by atoms with E-state index in [4.69, 9.17) is 34.7 Å². The Balaban J connectivity index is 2.46. The zero-order chi connectivity index (χ0) is 14.9. The van der Waals surface area contributed by atoms with E-state index in [9.17, 15) is 10.1 Å². The number of benzene rings is 1. The van der Waals surface area contributed by atoms with E-state index in [0.29, 0.717) is 15.6 Å². The molecule has 0 aliphatic carbocycles. The minimum absolute atomic E-state index is 0.106. The summed E-state index contributed by atoms with van der Waals surface area (Å²) in [6.07, 6.45) is 0.0836. The van der Waals surface area contributed by atoms with Gasteiger partial charge >= 0.3 is 5.54 Å². The topological polar surface area (TPSA) is 120 Å². The lowest BCUT2D eigenvalue weighted by atomic mass is 9.90. The zero-order valence-electron chi connectivity index (χ0n) is 10.2. The number of nitrogens with zero attached hydrogens (tertiary/aromatic N) is 3. The van der Waals surface area contributed by atoms with Gasteiger partial charge in [-0.15, -0.1) is 0 Å². The summed E-state index contributed by atoms with van der Waals surface area (Å²) in [6, 6.07) is 4.70. The summed E-state index contributed by atoms with van der Waals surface area (Å²) in [7, 11) is 0. The van der Waals surface area contributed by atoms with Gasteiger partial charge in [0.15, 0.2) is 12.1 Å². The first-order chi connectivity index (χ1) is 9.35. The molecule has 0 spiro atoms. The summed E-state index contributed by atoms with van der Waals surface area (Å²) >= 11 is 11.9. The molecule has 1 aliphatic rings. The molecule has 20 heavy (non-hydrogen) atoms. The molecule has 2 atom stereocenters. The summed E-state index contributed by atoms with van der Waals surface area (Å²) in [5.74, 6) is -0.207. The summed E-state index contributed by atoms with van der Waals surface area (Å²) in [4.78, 5) is 18.4. The fourth-order valence-electron chi connectivity index (χ4n) is 1.86. The van der Waals surface area contributed by atoms with Gasteiger partial charge in [-0.2, -0.15) is 0 Å². The Morgan fingerprint density at radius 1 is 1.45 bits per heavy atom. The van der Waals surface area contributed by atoms with Crippen LogP contribution in [-0.4, -0.2) is 28.8 Å². The second-order valence-corrected chi connectivity index (χ2v) is 5.14. The van der Waals surface area contributed by atoms with Crippen LogP contribution in [0.4, 0.5) is 0 Å². The maximum Gasteiger partial charge on any atom is 0.316 e. The van der Waals surface area contributed by atoms with Gasteiger partial charge in [0.2, 0.25) is 0 Å². The number of halogens is 2. The molecule has 1 aromatic rings. The first-order valence-electron chi connectivity index (χ1n) is 5.57. The number of nitro groups is 1. The van der Waals surface area contributed by atoms with E-state index < -0.39 is 16.8 Å². The van der Waals surface area contributed by atoms with Gasteiger partial charge in [0.1, 0.15) is 0 Å². The van der Waals surface area contributed by atoms with Crippen molar-refractivity contribution in [2.75, 3.05) is 0 Å². The molecule has 106 valence electrons. The van der Waals surface area contributed by atoms with Gasteiger partial charge in [-0.3, -0.25) is 15.8 Å². The van der Waals surface area contributed by atoms with Crippen LogP contribution in [0.25, 0.3) is 0 Å². The van der Waals surface area contributed by atoms with E-state index >= 15 is 0 Å². The van der Waals surface area contributed by atoms with Gasteiger partial charge in [-0.1, -0.05) is 23.2 Å². The smallest absolute Gasteiger partial charge is 0.316 e. The molecule has 0 bridgehead atoms. The summed E-state index contributed by atoms with van der Waals surface area (Å²) in [5.41, 5.74) is 9.88. The van der Waals surface area contributed by atoms with Crippen molar-refractivity contribution in [3.8, 4) is 0 Å². The lowest BCUT2D eigenvalue weighted by Gasteiger charge is -2.25. The molecule has 2 unspecified atom stereocenters. The molecular weight excluding hydrogens is 305 g/mol. The fourth-order valence-corrected chi connectivity index (χ4v) is 2.24. The van der Waals surface area contributed by atoms with Gasteiger partial charge in [0.05, 0.1) is 12.6 Å². The van der Waals surface area contributed by atoms with Crippen LogP contribution in [0.15, 0.2) is 28.2 Å². The lowest BCUT2D eigenvalue weighted by Crippen LogP contribution is -2.56. The normalized spacial score (nSPS) is 25.4. The number of nitrogens with two attached hydrogens (primary N) is 2. The summed E-state index contributed by atoms with van der Waals surface area (Å²) < 4.78 is 0. The predicted molar refractivity (Wildman–Crippen MR) is 78.0 cm³/mol. The molecule has 2 rings (SSSR count). The van der Waals surface area contributed by atoms with E-state index in [1.807, 2.05) is 0 Å². The van der Waals surface area contributed by atoms with Crippen LogP contribution in [-0.2, 0) is 6.42 Å². The van der Waals surface area contributed by atoms with Gasteiger partial charge in [-0.25, -0.2) is 9.98 Å². The second kappa shape index (κ2) is 5.35. The molecule has 0 saturated carbocycles. The first kappa shape index (κ1) is 14.7. The minimum Gasteiger partial charge on any atom is -0.381 e. The molecule has 9 heteroatoms. The average molecular weight is 316 g/mol. The highest BCUT2D eigenvalue weighted by molar-refractivity contribution is 6.33. The Morgan fingerprint density at radius 2 is 2.15 bits per heavy atom. The SMILES string of the molecule is NC1=NC(N)N=CC1(Cc1cc(Cl)ccc1Cl)[N+](=O)[O-]. The third-order valence-corrected chi connectivity index (χ3v) is 3.55. The van der Waals surface area contributed by atoms with Crippen molar-refractivity contribution in [3.63, 3.8) is 0 Å². The van der Waals surface area contributed by atoms with Crippen molar-refractivity contribution in [2.45, 2.75) is 18.2 Å². The number of hydrogen-bond donors (Lipinski definition) is 2. The minimum atomic E-state index is -1.76. The number of hydrogen-bond acceptors (Lipinski definition) is 6. The third-order valence-electron chi connectivity index (χ3n) is 2.95. The van der Waals surface area contributed by atoms with Crippen LogP contribution in [0.2, 0.25) is 10.0 Å². The molecule has 0 aromatic heterocycles. The maximum atomic E-state index is 11.4. The Bertz CT molecular complexity index is 619. The van der Waals surface area contributed by atoms with Crippen molar-refractivity contribution in [3.05, 3.63) is 43.9 Å². The summed E-state index contributed by atoms with van der Waals surface area (Å²) in [6.45, 7) is 0. The monoisotopic (exact) mass is 315 g/mol.